The van der Waals surface area contributed by atoms with Gasteiger partial charge in [0.15, 0.2) is 5.69 Å². The Kier molecular flexibility index (Phi) is 2.49. The third-order valence-corrected chi connectivity index (χ3v) is 2.52. The lowest BCUT2D eigenvalue weighted by Crippen LogP contribution is -2.27. The standard InChI is InChI=1S/C11H13N3O3/c1-13(2)6-5-7(15)9-8(10(6)16)11(14(3)4)17-12-9/h5H,1-4H3. The number of fused-ring (bicyclic) bond motifs is 1. The van der Waals surface area contributed by atoms with E-state index in [1.807, 2.05) is 0 Å². The molecule has 90 valence electrons. The summed E-state index contributed by atoms with van der Waals surface area (Å²) in [6.45, 7) is 0. The summed E-state index contributed by atoms with van der Waals surface area (Å²) >= 11 is 0. The topological polar surface area (TPSA) is 66.7 Å². The highest BCUT2D eigenvalue weighted by Gasteiger charge is 2.34. The van der Waals surface area contributed by atoms with Gasteiger partial charge in [0.05, 0.1) is 5.70 Å². The van der Waals surface area contributed by atoms with Gasteiger partial charge in [-0.2, -0.15) is 0 Å². The zero-order valence-electron chi connectivity index (χ0n) is 10.1. The van der Waals surface area contributed by atoms with Crippen LogP contribution < -0.4 is 4.90 Å². The maximum absolute atomic E-state index is 12.2. The lowest BCUT2D eigenvalue weighted by atomic mass is 9.98. The van der Waals surface area contributed by atoms with Crippen molar-refractivity contribution in [1.29, 1.82) is 0 Å². The molecule has 0 amide bonds. The van der Waals surface area contributed by atoms with Crippen LogP contribution >= 0.6 is 0 Å². The van der Waals surface area contributed by atoms with E-state index in [1.165, 1.54) is 6.08 Å². The smallest absolute Gasteiger partial charge is 0.238 e. The Morgan fingerprint density at radius 3 is 2.29 bits per heavy atom. The molecular weight excluding hydrogens is 222 g/mol. The van der Waals surface area contributed by atoms with E-state index in [9.17, 15) is 9.59 Å². The first kappa shape index (κ1) is 11.4. The number of carbonyl (C=O) groups excluding carboxylic acids is 2. The van der Waals surface area contributed by atoms with Gasteiger partial charge in [-0.3, -0.25) is 9.59 Å². The summed E-state index contributed by atoms with van der Waals surface area (Å²) in [5.74, 6) is -0.236. The highest BCUT2D eigenvalue weighted by atomic mass is 16.5. The Balaban J connectivity index is 2.60. The average molecular weight is 235 g/mol. The molecule has 0 unspecified atom stereocenters. The number of hydrogen-bond donors (Lipinski definition) is 0. The molecule has 0 saturated heterocycles. The molecule has 2 rings (SSSR count). The molecule has 0 aromatic carbocycles. The maximum Gasteiger partial charge on any atom is 0.238 e. The van der Waals surface area contributed by atoms with Crippen molar-refractivity contribution >= 4 is 17.5 Å². The van der Waals surface area contributed by atoms with Crippen LogP contribution in [0.5, 0.6) is 0 Å². The Morgan fingerprint density at radius 2 is 1.76 bits per heavy atom. The fourth-order valence-corrected chi connectivity index (χ4v) is 1.68. The SMILES string of the molecule is CN(C)C1=CC(=O)c2noc(N(C)C)c2C1=O. The number of aromatic nitrogens is 1. The molecule has 0 aliphatic heterocycles. The van der Waals surface area contributed by atoms with E-state index in [4.69, 9.17) is 4.52 Å². The van der Waals surface area contributed by atoms with Gasteiger partial charge in [0.2, 0.25) is 17.5 Å². The predicted molar refractivity (Wildman–Crippen MR) is 61.3 cm³/mol. The van der Waals surface area contributed by atoms with Crippen LogP contribution in [0.1, 0.15) is 20.8 Å². The normalized spacial score (nSPS) is 14.5. The van der Waals surface area contributed by atoms with Gasteiger partial charge in [-0.1, -0.05) is 5.16 Å². The number of carbonyl (C=O) groups is 2. The van der Waals surface area contributed by atoms with Crippen molar-refractivity contribution in [1.82, 2.24) is 10.1 Å². The Bertz CT molecular complexity index is 526. The van der Waals surface area contributed by atoms with Crippen LogP contribution in [0.15, 0.2) is 16.3 Å². The summed E-state index contributed by atoms with van der Waals surface area (Å²) in [5.41, 5.74) is 0.671. The lowest BCUT2D eigenvalue weighted by Gasteiger charge is -2.19. The first-order valence-corrected chi connectivity index (χ1v) is 5.08. The third kappa shape index (κ3) is 1.61. The molecule has 6 heteroatoms. The first-order valence-electron chi connectivity index (χ1n) is 5.08. The second kappa shape index (κ2) is 3.73. The summed E-state index contributed by atoms with van der Waals surface area (Å²) in [6, 6.07) is 0. The highest BCUT2D eigenvalue weighted by molar-refractivity contribution is 6.25. The van der Waals surface area contributed by atoms with E-state index in [0.29, 0.717) is 11.6 Å². The number of anilines is 1. The number of ketones is 2. The van der Waals surface area contributed by atoms with Crippen molar-refractivity contribution in [3.63, 3.8) is 0 Å². The van der Waals surface area contributed by atoms with Crippen molar-refractivity contribution in [3.8, 4) is 0 Å². The van der Waals surface area contributed by atoms with Gasteiger partial charge in [0.25, 0.3) is 0 Å². The zero-order chi connectivity index (χ0) is 12.7. The minimum Gasteiger partial charge on any atom is -0.374 e. The molecule has 17 heavy (non-hydrogen) atoms. The molecule has 0 spiro atoms. The van der Waals surface area contributed by atoms with Gasteiger partial charge in [0, 0.05) is 34.3 Å². The molecule has 1 aromatic heterocycles. The van der Waals surface area contributed by atoms with Crippen LogP contribution in [0.2, 0.25) is 0 Å². The van der Waals surface area contributed by atoms with E-state index in [1.54, 1.807) is 38.0 Å². The molecular formula is C11H13N3O3. The summed E-state index contributed by atoms with van der Waals surface area (Å²) in [7, 11) is 6.88. The van der Waals surface area contributed by atoms with E-state index in [2.05, 4.69) is 5.16 Å². The van der Waals surface area contributed by atoms with Crippen LogP contribution in [0.3, 0.4) is 0 Å². The van der Waals surface area contributed by atoms with Crippen LogP contribution in [-0.2, 0) is 0 Å². The molecule has 0 bridgehead atoms. The van der Waals surface area contributed by atoms with Crippen molar-refractivity contribution in [2.75, 3.05) is 33.1 Å². The predicted octanol–water partition coefficient (Wildman–Crippen LogP) is 0.565. The lowest BCUT2D eigenvalue weighted by molar-refractivity contribution is 0.0961. The van der Waals surface area contributed by atoms with E-state index < -0.39 is 0 Å². The van der Waals surface area contributed by atoms with Crippen LogP contribution in [-0.4, -0.2) is 49.8 Å². The average Bonchev–Trinajstić information content (AvgIpc) is 2.67. The first-order chi connectivity index (χ1) is 7.93. The van der Waals surface area contributed by atoms with E-state index in [-0.39, 0.29) is 22.8 Å². The van der Waals surface area contributed by atoms with E-state index >= 15 is 0 Å². The number of nitrogens with zero attached hydrogens (tertiary/aromatic N) is 3. The van der Waals surface area contributed by atoms with E-state index in [0.717, 1.165) is 0 Å². The minimum absolute atomic E-state index is 0.0873. The second-order valence-electron chi connectivity index (χ2n) is 4.22. The number of Topliss-reactive ketones (excluding diaryl/α,β-unsaturated/α-hetero) is 1. The number of allylic oxidation sites excluding steroid dienone is 2. The Morgan fingerprint density at radius 1 is 1.12 bits per heavy atom. The van der Waals surface area contributed by atoms with Gasteiger partial charge in [-0.15, -0.1) is 0 Å². The van der Waals surface area contributed by atoms with Gasteiger partial charge < -0.3 is 14.3 Å². The van der Waals surface area contributed by atoms with Crippen molar-refractivity contribution in [2.45, 2.75) is 0 Å². The molecule has 0 radical (unpaired) electrons. The molecule has 0 saturated carbocycles. The van der Waals surface area contributed by atoms with Gasteiger partial charge >= 0.3 is 0 Å². The van der Waals surface area contributed by atoms with Crippen molar-refractivity contribution < 1.29 is 14.1 Å². The second-order valence-corrected chi connectivity index (χ2v) is 4.22. The number of hydrogen-bond acceptors (Lipinski definition) is 6. The summed E-state index contributed by atoms with van der Waals surface area (Å²) in [5, 5.41) is 3.65. The largest absolute Gasteiger partial charge is 0.374 e. The van der Waals surface area contributed by atoms with Gasteiger partial charge in [-0.25, -0.2) is 0 Å². The van der Waals surface area contributed by atoms with Gasteiger partial charge in [-0.05, 0) is 0 Å². The minimum atomic E-state index is -0.305. The molecule has 1 aromatic rings. The monoisotopic (exact) mass is 235 g/mol. The fourth-order valence-electron chi connectivity index (χ4n) is 1.68. The highest BCUT2D eigenvalue weighted by Crippen LogP contribution is 2.29. The Labute approximate surface area is 98.5 Å². The molecule has 1 aliphatic carbocycles. The summed E-state index contributed by atoms with van der Waals surface area (Å²) < 4.78 is 5.03. The van der Waals surface area contributed by atoms with Crippen molar-refractivity contribution in [2.24, 2.45) is 0 Å². The van der Waals surface area contributed by atoms with Crippen LogP contribution in [0, 0.1) is 0 Å². The summed E-state index contributed by atoms with van der Waals surface area (Å²) in [6.07, 6.45) is 1.28. The fraction of sp³-hybridized carbons (Fsp3) is 0.364. The number of likely N-dealkylation sites (N-methyl/N-ethyl adjacent to an activating group) is 1. The molecule has 0 fully saturated rings. The molecule has 0 atom stereocenters. The number of rotatable bonds is 2. The van der Waals surface area contributed by atoms with Crippen LogP contribution in [0.4, 0.5) is 5.88 Å². The quantitative estimate of drug-likeness (QED) is 0.746. The molecule has 6 nitrogen and oxygen atoms in total. The van der Waals surface area contributed by atoms with Crippen molar-refractivity contribution in [3.05, 3.63) is 23.0 Å². The molecule has 1 aliphatic rings. The Hall–Kier alpha value is -2.11. The van der Waals surface area contributed by atoms with Gasteiger partial charge in [0.1, 0.15) is 5.56 Å². The molecule has 0 N–H and O–H groups in total. The zero-order valence-corrected chi connectivity index (χ0v) is 10.1. The maximum atomic E-state index is 12.2. The molecule has 1 heterocycles. The third-order valence-electron chi connectivity index (χ3n) is 2.52. The summed E-state index contributed by atoms with van der Waals surface area (Å²) in [4.78, 5) is 27.2. The van der Waals surface area contributed by atoms with Crippen LogP contribution in [0.25, 0.3) is 0 Å².